The Hall–Kier alpha value is -2.08. The van der Waals surface area contributed by atoms with E-state index in [1.807, 2.05) is 30.6 Å². The van der Waals surface area contributed by atoms with E-state index in [1.165, 1.54) is 11.3 Å². The molecule has 0 spiro atoms. The van der Waals surface area contributed by atoms with Crippen LogP contribution in [-0.2, 0) is 13.5 Å². The van der Waals surface area contributed by atoms with Gasteiger partial charge in [0.15, 0.2) is 5.13 Å². The van der Waals surface area contributed by atoms with E-state index in [4.69, 9.17) is 10.5 Å². The molecule has 0 saturated heterocycles. The molecule has 0 unspecified atom stereocenters. The van der Waals surface area contributed by atoms with Gasteiger partial charge in [0.25, 0.3) is 0 Å². The summed E-state index contributed by atoms with van der Waals surface area (Å²) in [6.45, 7) is 0. The van der Waals surface area contributed by atoms with Crippen LogP contribution in [0.5, 0.6) is 5.75 Å². The second kappa shape index (κ2) is 4.55. The third kappa shape index (κ3) is 2.15. The van der Waals surface area contributed by atoms with Crippen LogP contribution in [0.15, 0.2) is 23.6 Å². The number of imidazole rings is 1. The summed E-state index contributed by atoms with van der Waals surface area (Å²) in [4.78, 5) is 8.90. The van der Waals surface area contributed by atoms with Gasteiger partial charge in [-0.1, -0.05) is 0 Å². The van der Waals surface area contributed by atoms with Crippen LogP contribution >= 0.6 is 11.3 Å². The summed E-state index contributed by atoms with van der Waals surface area (Å²) >= 11 is 1.45. The van der Waals surface area contributed by atoms with E-state index >= 15 is 0 Å². The van der Waals surface area contributed by atoms with Crippen molar-refractivity contribution in [1.82, 2.24) is 14.5 Å². The number of hydrogen-bond donors (Lipinski definition) is 1. The van der Waals surface area contributed by atoms with Crippen LogP contribution in [0.4, 0.5) is 5.13 Å². The van der Waals surface area contributed by atoms with Crippen molar-refractivity contribution in [3.63, 3.8) is 0 Å². The summed E-state index contributed by atoms with van der Waals surface area (Å²) < 4.78 is 7.29. The molecule has 2 N–H and O–H groups in total. The fourth-order valence-electron chi connectivity index (χ4n) is 2.08. The van der Waals surface area contributed by atoms with Crippen LogP contribution in [0, 0.1) is 0 Å². The maximum Gasteiger partial charge on any atom is 0.180 e. The van der Waals surface area contributed by atoms with Gasteiger partial charge in [-0.05, 0) is 12.1 Å². The first-order valence-corrected chi connectivity index (χ1v) is 6.74. The maximum absolute atomic E-state index is 5.65. The highest BCUT2D eigenvalue weighted by Gasteiger charge is 2.10. The lowest BCUT2D eigenvalue weighted by Gasteiger charge is -2.01. The molecule has 0 fully saturated rings. The standard InChI is InChI=1S/C13H14N4OS/c1-17-11-4-3-9(18-2)6-10(11)16-12(17)5-8-7-19-13(14)15-8/h3-4,6-7H,5H2,1-2H3,(H2,14,15). The Morgan fingerprint density at radius 3 is 2.89 bits per heavy atom. The van der Waals surface area contributed by atoms with Crippen LogP contribution < -0.4 is 10.5 Å². The molecule has 0 atom stereocenters. The Morgan fingerprint density at radius 1 is 1.37 bits per heavy atom. The van der Waals surface area contributed by atoms with Gasteiger partial charge in [0.1, 0.15) is 11.6 Å². The van der Waals surface area contributed by atoms with Gasteiger partial charge in [0.05, 0.1) is 23.8 Å². The van der Waals surface area contributed by atoms with Crippen LogP contribution in [0.3, 0.4) is 0 Å². The van der Waals surface area contributed by atoms with Crippen molar-refractivity contribution in [1.29, 1.82) is 0 Å². The van der Waals surface area contributed by atoms with E-state index in [2.05, 4.69) is 14.5 Å². The number of nitrogens with two attached hydrogens (primary N) is 1. The molecule has 2 heterocycles. The molecular formula is C13H14N4OS. The van der Waals surface area contributed by atoms with Gasteiger partial charge in [-0.15, -0.1) is 11.3 Å². The van der Waals surface area contributed by atoms with Crippen molar-refractivity contribution in [2.75, 3.05) is 12.8 Å². The first-order chi connectivity index (χ1) is 9.17. The molecular weight excluding hydrogens is 260 g/mol. The van der Waals surface area contributed by atoms with Crippen molar-refractivity contribution < 1.29 is 4.74 Å². The Labute approximate surface area is 114 Å². The summed E-state index contributed by atoms with van der Waals surface area (Å²) in [5.74, 6) is 1.78. The van der Waals surface area contributed by atoms with E-state index < -0.39 is 0 Å². The molecule has 6 heteroatoms. The number of anilines is 1. The number of nitrogens with zero attached hydrogens (tertiary/aromatic N) is 3. The quantitative estimate of drug-likeness (QED) is 0.795. The predicted molar refractivity (Wildman–Crippen MR) is 76.6 cm³/mol. The second-order valence-electron chi connectivity index (χ2n) is 4.30. The number of rotatable bonds is 3. The molecule has 0 bridgehead atoms. The molecule has 0 aliphatic carbocycles. The van der Waals surface area contributed by atoms with E-state index in [0.29, 0.717) is 11.6 Å². The Kier molecular flexibility index (Phi) is 2.87. The topological polar surface area (TPSA) is 66.0 Å². The summed E-state index contributed by atoms with van der Waals surface area (Å²) in [7, 11) is 3.66. The highest BCUT2D eigenvalue weighted by atomic mass is 32.1. The molecule has 5 nitrogen and oxygen atoms in total. The van der Waals surface area contributed by atoms with Crippen molar-refractivity contribution in [3.05, 3.63) is 35.1 Å². The van der Waals surface area contributed by atoms with E-state index in [0.717, 1.165) is 28.3 Å². The highest BCUT2D eigenvalue weighted by molar-refractivity contribution is 7.13. The summed E-state index contributed by atoms with van der Waals surface area (Å²) in [6.07, 6.45) is 0.682. The lowest BCUT2D eigenvalue weighted by Crippen LogP contribution is -1.99. The minimum absolute atomic E-state index is 0.593. The van der Waals surface area contributed by atoms with Crippen molar-refractivity contribution >= 4 is 27.5 Å². The van der Waals surface area contributed by atoms with Crippen molar-refractivity contribution in [2.24, 2.45) is 7.05 Å². The first kappa shape index (κ1) is 12.0. The average Bonchev–Trinajstić information content (AvgIpc) is 2.95. The summed E-state index contributed by atoms with van der Waals surface area (Å²) in [5.41, 5.74) is 8.61. The van der Waals surface area contributed by atoms with Gasteiger partial charge in [0, 0.05) is 24.9 Å². The monoisotopic (exact) mass is 274 g/mol. The van der Waals surface area contributed by atoms with Gasteiger partial charge in [-0.25, -0.2) is 9.97 Å². The largest absolute Gasteiger partial charge is 0.497 e. The fourth-order valence-corrected chi connectivity index (χ4v) is 2.64. The number of ether oxygens (including phenoxy) is 1. The molecule has 98 valence electrons. The van der Waals surface area contributed by atoms with Gasteiger partial charge < -0.3 is 15.0 Å². The van der Waals surface area contributed by atoms with Crippen LogP contribution in [0.1, 0.15) is 11.5 Å². The zero-order valence-electron chi connectivity index (χ0n) is 10.8. The number of methoxy groups -OCH3 is 1. The highest BCUT2D eigenvalue weighted by Crippen LogP contribution is 2.22. The molecule has 3 aromatic rings. The molecule has 1 aromatic carbocycles. The molecule has 2 aromatic heterocycles. The van der Waals surface area contributed by atoms with Gasteiger partial charge in [-0.3, -0.25) is 0 Å². The normalized spacial score (nSPS) is 11.1. The number of benzene rings is 1. The number of fused-ring (bicyclic) bond motifs is 1. The number of aryl methyl sites for hydroxylation is 1. The zero-order valence-corrected chi connectivity index (χ0v) is 11.6. The van der Waals surface area contributed by atoms with Crippen molar-refractivity contribution in [2.45, 2.75) is 6.42 Å². The van der Waals surface area contributed by atoms with Gasteiger partial charge >= 0.3 is 0 Å². The lowest BCUT2D eigenvalue weighted by molar-refractivity contribution is 0.415. The first-order valence-electron chi connectivity index (χ1n) is 5.86. The Bertz CT molecular complexity index is 731. The lowest BCUT2D eigenvalue weighted by atomic mass is 10.3. The van der Waals surface area contributed by atoms with Crippen LogP contribution in [-0.4, -0.2) is 21.6 Å². The summed E-state index contributed by atoms with van der Waals surface area (Å²) in [6, 6.07) is 5.89. The van der Waals surface area contributed by atoms with Crippen molar-refractivity contribution in [3.8, 4) is 5.75 Å². The number of thiazole rings is 1. The fraction of sp³-hybridized carbons (Fsp3) is 0.231. The number of hydrogen-bond acceptors (Lipinski definition) is 5. The molecule has 0 saturated carbocycles. The third-order valence-electron chi connectivity index (χ3n) is 3.09. The average molecular weight is 274 g/mol. The second-order valence-corrected chi connectivity index (χ2v) is 5.19. The van der Waals surface area contributed by atoms with Crippen LogP contribution in [0.2, 0.25) is 0 Å². The smallest absolute Gasteiger partial charge is 0.180 e. The zero-order chi connectivity index (χ0) is 13.4. The molecule has 0 aliphatic heterocycles. The van der Waals surface area contributed by atoms with Gasteiger partial charge in [-0.2, -0.15) is 0 Å². The van der Waals surface area contributed by atoms with E-state index in [-0.39, 0.29) is 0 Å². The molecule has 19 heavy (non-hydrogen) atoms. The number of aromatic nitrogens is 3. The third-order valence-corrected chi connectivity index (χ3v) is 3.81. The Morgan fingerprint density at radius 2 is 2.21 bits per heavy atom. The Balaban J connectivity index is 2.01. The maximum atomic E-state index is 5.65. The molecule has 3 rings (SSSR count). The van der Waals surface area contributed by atoms with E-state index in [1.54, 1.807) is 7.11 Å². The van der Waals surface area contributed by atoms with Crippen LogP contribution in [0.25, 0.3) is 11.0 Å². The minimum Gasteiger partial charge on any atom is -0.497 e. The summed E-state index contributed by atoms with van der Waals surface area (Å²) in [5, 5.41) is 2.56. The SMILES string of the molecule is COc1ccc2c(c1)nc(Cc1csc(N)n1)n2C. The van der Waals surface area contributed by atoms with E-state index in [9.17, 15) is 0 Å². The predicted octanol–water partition coefficient (Wildman–Crippen LogP) is 2.21. The van der Waals surface area contributed by atoms with Gasteiger partial charge in [0.2, 0.25) is 0 Å². The molecule has 0 aliphatic rings. The molecule has 0 amide bonds. The number of nitrogen functional groups attached to an aromatic ring is 1. The minimum atomic E-state index is 0.593. The molecule has 0 radical (unpaired) electrons.